The first-order chi connectivity index (χ1) is 11.1. The SMILES string of the molecule is Cc1ccc2ccccc2c1C(=O)N/N=C\c1cccc(F)c1. The molecule has 3 aromatic rings. The van der Waals surface area contributed by atoms with Gasteiger partial charge in [-0.2, -0.15) is 5.10 Å². The number of nitrogens with one attached hydrogen (secondary N) is 1. The Bertz CT molecular complexity index is 903. The van der Waals surface area contributed by atoms with Crippen molar-refractivity contribution in [3.63, 3.8) is 0 Å². The van der Waals surface area contributed by atoms with Crippen LogP contribution in [0.3, 0.4) is 0 Å². The van der Waals surface area contributed by atoms with Crippen LogP contribution in [0, 0.1) is 12.7 Å². The summed E-state index contributed by atoms with van der Waals surface area (Å²) in [6.45, 7) is 1.89. The molecule has 3 aromatic carbocycles. The summed E-state index contributed by atoms with van der Waals surface area (Å²) in [6.07, 6.45) is 1.42. The molecule has 0 heterocycles. The van der Waals surface area contributed by atoms with E-state index in [1.165, 1.54) is 18.3 Å². The first-order valence-corrected chi connectivity index (χ1v) is 7.22. The minimum atomic E-state index is -0.342. The molecule has 0 aliphatic heterocycles. The zero-order valence-corrected chi connectivity index (χ0v) is 12.6. The van der Waals surface area contributed by atoms with Crippen LogP contribution in [0.25, 0.3) is 10.8 Å². The van der Waals surface area contributed by atoms with E-state index in [-0.39, 0.29) is 11.7 Å². The minimum Gasteiger partial charge on any atom is -0.267 e. The van der Waals surface area contributed by atoms with E-state index in [1.807, 2.05) is 43.3 Å². The summed E-state index contributed by atoms with van der Waals surface area (Å²) in [5.41, 5.74) is 4.56. The number of benzene rings is 3. The van der Waals surface area contributed by atoms with Crippen molar-refractivity contribution in [2.45, 2.75) is 6.92 Å². The molecule has 23 heavy (non-hydrogen) atoms. The molecule has 3 rings (SSSR count). The van der Waals surface area contributed by atoms with Crippen molar-refractivity contribution in [3.8, 4) is 0 Å². The van der Waals surface area contributed by atoms with Gasteiger partial charge in [0.25, 0.3) is 5.91 Å². The van der Waals surface area contributed by atoms with Crippen LogP contribution < -0.4 is 5.43 Å². The highest BCUT2D eigenvalue weighted by Gasteiger charge is 2.12. The second-order valence-electron chi connectivity index (χ2n) is 5.23. The summed E-state index contributed by atoms with van der Waals surface area (Å²) in [5, 5.41) is 5.79. The Hall–Kier alpha value is -3.01. The van der Waals surface area contributed by atoms with Crippen LogP contribution in [0.5, 0.6) is 0 Å². The molecule has 0 aliphatic carbocycles. The Morgan fingerprint density at radius 2 is 1.91 bits per heavy atom. The predicted molar refractivity (Wildman–Crippen MR) is 90.1 cm³/mol. The highest BCUT2D eigenvalue weighted by Crippen LogP contribution is 2.22. The van der Waals surface area contributed by atoms with E-state index < -0.39 is 0 Å². The van der Waals surface area contributed by atoms with Crippen LogP contribution in [0.15, 0.2) is 65.8 Å². The number of rotatable bonds is 3. The fourth-order valence-electron chi connectivity index (χ4n) is 2.49. The molecule has 0 bridgehead atoms. The molecule has 0 radical (unpaired) electrons. The number of hydrogen-bond acceptors (Lipinski definition) is 2. The Labute approximate surface area is 133 Å². The van der Waals surface area contributed by atoms with E-state index in [0.717, 1.165) is 16.3 Å². The quantitative estimate of drug-likeness (QED) is 0.575. The van der Waals surface area contributed by atoms with Gasteiger partial charge < -0.3 is 0 Å². The van der Waals surface area contributed by atoms with E-state index >= 15 is 0 Å². The zero-order valence-electron chi connectivity index (χ0n) is 12.6. The number of aryl methyl sites for hydroxylation is 1. The monoisotopic (exact) mass is 306 g/mol. The number of hydrogen-bond donors (Lipinski definition) is 1. The van der Waals surface area contributed by atoms with Gasteiger partial charge >= 0.3 is 0 Å². The summed E-state index contributed by atoms with van der Waals surface area (Å²) in [4.78, 5) is 12.4. The molecule has 0 saturated carbocycles. The topological polar surface area (TPSA) is 41.5 Å². The van der Waals surface area contributed by atoms with Gasteiger partial charge in [-0.1, -0.05) is 48.5 Å². The van der Waals surface area contributed by atoms with Gasteiger partial charge in [0.2, 0.25) is 0 Å². The van der Waals surface area contributed by atoms with Crippen molar-refractivity contribution in [1.29, 1.82) is 0 Å². The lowest BCUT2D eigenvalue weighted by molar-refractivity contribution is 0.0956. The van der Waals surface area contributed by atoms with Crippen molar-refractivity contribution in [1.82, 2.24) is 5.43 Å². The molecule has 0 atom stereocenters. The fourth-order valence-corrected chi connectivity index (χ4v) is 2.49. The first kappa shape index (κ1) is 14.9. The van der Waals surface area contributed by atoms with Crippen molar-refractivity contribution in [3.05, 3.63) is 83.2 Å². The van der Waals surface area contributed by atoms with E-state index in [4.69, 9.17) is 0 Å². The maximum atomic E-state index is 13.1. The van der Waals surface area contributed by atoms with E-state index in [0.29, 0.717) is 11.1 Å². The van der Waals surface area contributed by atoms with Gasteiger partial charge in [-0.15, -0.1) is 0 Å². The highest BCUT2D eigenvalue weighted by molar-refractivity contribution is 6.08. The molecule has 0 aromatic heterocycles. The molecule has 1 N–H and O–H groups in total. The van der Waals surface area contributed by atoms with Crippen LogP contribution in [0.2, 0.25) is 0 Å². The zero-order chi connectivity index (χ0) is 16.2. The average molecular weight is 306 g/mol. The summed E-state index contributed by atoms with van der Waals surface area (Å²) in [5.74, 6) is -0.628. The van der Waals surface area contributed by atoms with Crippen LogP contribution in [-0.2, 0) is 0 Å². The van der Waals surface area contributed by atoms with E-state index in [9.17, 15) is 9.18 Å². The van der Waals surface area contributed by atoms with Gasteiger partial charge in [-0.05, 0) is 41.0 Å². The van der Waals surface area contributed by atoms with E-state index in [2.05, 4.69) is 10.5 Å². The van der Waals surface area contributed by atoms with Crippen LogP contribution in [0.1, 0.15) is 21.5 Å². The molecule has 0 fully saturated rings. The standard InChI is InChI=1S/C19H15FN2O/c1-13-9-10-15-6-2-3-8-17(15)18(13)19(23)22-21-12-14-5-4-7-16(20)11-14/h2-12H,1H3,(H,22,23)/b21-12-. The summed E-state index contributed by atoms with van der Waals surface area (Å²) < 4.78 is 13.1. The summed E-state index contributed by atoms with van der Waals surface area (Å²) in [6, 6.07) is 17.6. The van der Waals surface area contributed by atoms with Gasteiger partial charge in [0.05, 0.1) is 11.8 Å². The first-order valence-electron chi connectivity index (χ1n) is 7.22. The third kappa shape index (κ3) is 3.26. The number of nitrogens with zero attached hydrogens (tertiary/aromatic N) is 1. The molecule has 4 heteroatoms. The molecule has 0 spiro atoms. The lowest BCUT2D eigenvalue weighted by Crippen LogP contribution is -2.19. The number of carbonyl (C=O) groups is 1. The molecule has 1 amide bonds. The largest absolute Gasteiger partial charge is 0.272 e. The van der Waals surface area contributed by atoms with Crippen molar-refractivity contribution < 1.29 is 9.18 Å². The Kier molecular flexibility index (Phi) is 4.15. The van der Waals surface area contributed by atoms with Crippen LogP contribution in [0.4, 0.5) is 4.39 Å². The smallest absolute Gasteiger partial charge is 0.267 e. The molecule has 0 saturated heterocycles. The number of carbonyl (C=O) groups excluding carboxylic acids is 1. The predicted octanol–water partition coefficient (Wildman–Crippen LogP) is 4.05. The highest BCUT2D eigenvalue weighted by atomic mass is 19.1. The Morgan fingerprint density at radius 3 is 2.74 bits per heavy atom. The maximum Gasteiger partial charge on any atom is 0.272 e. The molecule has 0 unspecified atom stereocenters. The number of amides is 1. The van der Waals surface area contributed by atoms with Crippen LogP contribution in [-0.4, -0.2) is 12.1 Å². The van der Waals surface area contributed by atoms with Gasteiger partial charge in [0, 0.05) is 0 Å². The maximum absolute atomic E-state index is 13.1. The minimum absolute atomic E-state index is 0.285. The molecular weight excluding hydrogens is 291 g/mol. The summed E-state index contributed by atoms with van der Waals surface area (Å²) in [7, 11) is 0. The van der Waals surface area contributed by atoms with Crippen molar-refractivity contribution in [2.24, 2.45) is 5.10 Å². The fraction of sp³-hybridized carbons (Fsp3) is 0.0526. The summed E-state index contributed by atoms with van der Waals surface area (Å²) >= 11 is 0. The average Bonchev–Trinajstić information content (AvgIpc) is 2.54. The molecule has 3 nitrogen and oxygen atoms in total. The van der Waals surface area contributed by atoms with Gasteiger partial charge in [-0.3, -0.25) is 4.79 Å². The number of fused-ring (bicyclic) bond motifs is 1. The lowest BCUT2D eigenvalue weighted by atomic mass is 9.99. The number of hydrazone groups is 1. The molecule has 114 valence electrons. The van der Waals surface area contributed by atoms with Crippen LogP contribution >= 0.6 is 0 Å². The lowest BCUT2D eigenvalue weighted by Gasteiger charge is -2.08. The van der Waals surface area contributed by atoms with Gasteiger partial charge in [0.1, 0.15) is 5.82 Å². The Balaban J connectivity index is 1.85. The normalized spacial score (nSPS) is 11.0. The van der Waals surface area contributed by atoms with Crippen molar-refractivity contribution in [2.75, 3.05) is 0 Å². The molecule has 0 aliphatic rings. The van der Waals surface area contributed by atoms with E-state index in [1.54, 1.807) is 12.1 Å². The van der Waals surface area contributed by atoms with Gasteiger partial charge in [-0.25, -0.2) is 9.82 Å². The Morgan fingerprint density at radius 1 is 1.09 bits per heavy atom. The second-order valence-corrected chi connectivity index (χ2v) is 5.23. The third-order valence-corrected chi connectivity index (χ3v) is 3.59. The van der Waals surface area contributed by atoms with Crippen molar-refractivity contribution >= 4 is 22.9 Å². The second kappa shape index (κ2) is 6.40. The third-order valence-electron chi connectivity index (χ3n) is 3.59. The number of halogens is 1. The van der Waals surface area contributed by atoms with Gasteiger partial charge in [0.15, 0.2) is 0 Å². The molecular formula is C19H15FN2O.